The van der Waals surface area contributed by atoms with Crippen LogP contribution in [-0.4, -0.2) is 37.6 Å². The van der Waals surface area contributed by atoms with Gasteiger partial charge in [0.15, 0.2) is 6.10 Å². The fourth-order valence-corrected chi connectivity index (χ4v) is 2.87. The number of fused-ring (bicyclic) bond motifs is 1. The van der Waals surface area contributed by atoms with Gasteiger partial charge in [-0.25, -0.2) is 0 Å². The first-order valence-electron chi connectivity index (χ1n) is 7.77. The highest BCUT2D eigenvalue weighted by atomic mass is 16.5. The maximum Gasteiger partial charge on any atom is 0.262 e. The van der Waals surface area contributed by atoms with E-state index in [0.717, 1.165) is 31.6 Å². The van der Waals surface area contributed by atoms with Gasteiger partial charge >= 0.3 is 0 Å². The van der Waals surface area contributed by atoms with Gasteiger partial charge in [-0.2, -0.15) is 0 Å². The molecule has 116 valence electrons. The summed E-state index contributed by atoms with van der Waals surface area (Å²) in [5, 5.41) is 3.58. The molecule has 21 heavy (non-hydrogen) atoms. The molecular weight excluding hydrogens is 264 g/mol. The maximum absolute atomic E-state index is 11.9. The Balaban J connectivity index is 2.13. The average Bonchev–Trinajstić information content (AvgIpc) is 2.88. The third-order valence-electron chi connectivity index (χ3n) is 3.96. The van der Waals surface area contributed by atoms with Gasteiger partial charge in [0, 0.05) is 20.1 Å². The molecule has 4 nitrogen and oxygen atoms in total. The fourth-order valence-electron chi connectivity index (χ4n) is 2.87. The second-order valence-electron chi connectivity index (χ2n) is 5.86. The highest BCUT2D eigenvalue weighted by Gasteiger charge is 2.26. The number of hydrogen-bond donors (Lipinski definition) is 1. The van der Waals surface area contributed by atoms with Crippen LogP contribution in [0.1, 0.15) is 43.9 Å². The lowest BCUT2D eigenvalue weighted by molar-refractivity contribution is -0.135. The number of likely N-dealkylation sites (N-methyl/N-ethyl adjacent to an activating group) is 1. The molecule has 1 amide bonds. The van der Waals surface area contributed by atoms with Crippen LogP contribution in [0.25, 0.3) is 0 Å². The average molecular weight is 290 g/mol. The molecule has 2 atom stereocenters. The predicted molar refractivity (Wildman–Crippen MR) is 84.6 cm³/mol. The van der Waals surface area contributed by atoms with Crippen molar-refractivity contribution in [1.82, 2.24) is 10.2 Å². The molecule has 1 aromatic carbocycles. The van der Waals surface area contributed by atoms with Crippen LogP contribution in [0, 0.1) is 0 Å². The second-order valence-corrected chi connectivity index (χ2v) is 5.86. The van der Waals surface area contributed by atoms with Gasteiger partial charge in [0.25, 0.3) is 5.91 Å². The van der Waals surface area contributed by atoms with Crippen LogP contribution in [0.2, 0.25) is 0 Å². The minimum Gasteiger partial charge on any atom is -0.481 e. The van der Waals surface area contributed by atoms with E-state index in [2.05, 4.69) is 18.3 Å². The van der Waals surface area contributed by atoms with Gasteiger partial charge in [-0.1, -0.05) is 19.1 Å². The minimum atomic E-state index is -0.450. The van der Waals surface area contributed by atoms with E-state index >= 15 is 0 Å². The highest BCUT2D eigenvalue weighted by Crippen LogP contribution is 2.37. The zero-order valence-electron chi connectivity index (χ0n) is 13.5. The first-order valence-corrected chi connectivity index (χ1v) is 7.77. The van der Waals surface area contributed by atoms with Crippen LogP contribution in [0.3, 0.4) is 0 Å². The molecule has 2 unspecified atom stereocenters. The molecule has 1 aromatic rings. The molecule has 1 aliphatic carbocycles. The molecule has 0 aliphatic heterocycles. The van der Waals surface area contributed by atoms with Crippen molar-refractivity contribution in [3.63, 3.8) is 0 Å². The first kappa shape index (κ1) is 15.8. The summed E-state index contributed by atoms with van der Waals surface area (Å²) in [6.45, 7) is 5.02. The van der Waals surface area contributed by atoms with Crippen LogP contribution in [-0.2, 0) is 11.2 Å². The predicted octanol–water partition coefficient (Wildman–Crippen LogP) is 2.53. The topological polar surface area (TPSA) is 41.6 Å². The van der Waals surface area contributed by atoms with Crippen molar-refractivity contribution in [3.05, 3.63) is 29.3 Å². The van der Waals surface area contributed by atoms with E-state index in [0.29, 0.717) is 6.04 Å². The number of hydrogen-bond acceptors (Lipinski definition) is 3. The summed E-state index contributed by atoms with van der Waals surface area (Å²) >= 11 is 0. The molecule has 1 aliphatic rings. The van der Waals surface area contributed by atoms with Crippen molar-refractivity contribution in [3.8, 4) is 5.75 Å². The normalized spacial score (nSPS) is 18.2. The van der Waals surface area contributed by atoms with Crippen molar-refractivity contribution < 1.29 is 9.53 Å². The third-order valence-corrected chi connectivity index (χ3v) is 3.96. The number of benzene rings is 1. The molecule has 4 heteroatoms. The van der Waals surface area contributed by atoms with Gasteiger partial charge in [0.05, 0.1) is 0 Å². The Morgan fingerprint density at radius 2 is 2.24 bits per heavy atom. The van der Waals surface area contributed by atoms with E-state index in [1.54, 1.807) is 19.0 Å². The Hall–Kier alpha value is -1.55. The summed E-state index contributed by atoms with van der Waals surface area (Å²) in [5.41, 5.74) is 2.58. The summed E-state index contributed by atoms with van der Waals surface area (Å²) in [5.74, 6) is 0.849. The molecule has 0 saturated carbocycles. The number of carbonyl (C=O) groups is 1. The van der Waals surface area contributed by atoms with Crippen LogP contribution in [0.15, 0.2) is 18.2 Å². The van der Waals surface area contributed by atoms with Crippen molar-refractivity contribution in [2.24, 2.45) is 0 Å². The number of nitrogens with one attached hydrogen (secondary N) is 1. The van der Waals surface area contributed by atoms with Crippen molar-refractivity contribution in [2.75, 3.05) is 20.6 Å². The summed E-state index contributed by atoms with van der Waals surface area (Å²) < 4.78 is 5.91. The number of amides is 1. The molecule has 0 radical (unpaired) electrons. The Morgan fingerprint density at radius 1 is 1.48 bits per heavy atom. The lowest BCUT2D eigenvalue weighted by Crippen LogP contribution is -2.35. The lowest BCUT2D eigenvalue weighted by atomic mass is 10.1. The van der Waals surface area contributed by atoms with Gasteiger partial charge in [-0.3, -0.25) is 4.79 Å². The summed E-state index contributed by atoms with van der Waals surface area (Å²) in [6, 6.07) is 6.58. The van der Waals surface area contributed by atoms with E-state index in [-0.39, 0.29) is 5.91 Å². The summed E-state index contributed by atoms with van der Waals surface area (Å²) in [4.78, 5) is 13.5. The number of carbonyl (C=O) groups excluding carboxylic acids is 1. The van der Waals surface area contributed by atoms with Gasteiger partial charge in [-0.05, 0) is 49.9 Å². The summed E-state index contributed by atoms with van der Waals surface area (Å²) in [7, 11) is 3.50. The van der Waals surface area contributed by atoms with Crippen molar-refractivity contribution in [1.29, 1.82) is 0 Å². The van der Waals surface area contributed by atoms with E-state index in [9.17, 15) is 4.79 Å². The Bertz CT molecular complexity index is 500. The van der Waals surface area contributed by atoms with Gasteiger partial charge in [0.2, 0.25) is 0 Å². The zero-order valence-corrected chi connectivity index (χ0v) is 13.5. The van der Waals surface area contributed by atoms with Crippen LogP contribution >= 0.6 is 0 Å². The molecule has 0 spiro atoms. The SMILES string of the molecule is CCCNC1CCc2c(OC(C)C(=O)N(C)C)cccc21. The molecule has 2 rings (SSSR count). The van der Waals surface area contributed by atoms with E-state index in [1.165, 1.54) is 11.1 Å². The van der Waals surface area contributed by atoms with Crippen LogP contribution in [0.5, 0.6) is 5.75 Å². The highest BCUT2D eigenvalue weighted by molar-refractivity contribution is 5.80. The zero-order chi connectivity index (χ0) is 15.4. The standard InChI is InChI=1S/C17H26N2O2/c1-5-11-18-15-10-9-14-13(15)7-6-8-16(14)21-12(2)17(20)19(3)4/h6-8,12,15,18H,5,9-11H2,1-4H3. The molecule has 0 heterocycles. The van der Waals surface area contributed by atoms with E-state index in [4.69, 9.17) is 4.74 Å². The first-order chi connectivity index (χ1) is 10.0. The minimum absolute atomic E-state index is 0.00809. The smallest absolute Gasteiger partial charge is 0.262 e. The molecule has 0 bridgehead atoms. The maximum atomic E-state index is 11.9. The largest absolute Gasteiger partial charge is 0.481 e. The Labute approximate surface area is 127 Å². The Morgan fingerprint density at radius 3 is 2.90 bits per heavy atom. The fraction of sp³-hybridized carbons (Fsp3) is 0.588. The molecule has 0 aromatic heterocycles. The molecular formula is C17H26N2O2. The van der Waals surface area contributed by atoms with E-state index in [1.807, 2.05) is 19.1 Å². The van der Waals surface area contributed by atoms with Crippen molar-refractivity contribution >= 4 is 5.91 Å². The van der Waals surface area contributed by atoms with Gasteiger partial charge in [0.1, 0.15) is 5.75 Å². The third kappa shape index (κ3) is 3.56. The summed E-state index contributed by atoms with van der Waals surface area (Å²) in [6.07, 6.45) is 2.80. The van der Waals surface area contributed by atoms with Crippen LogP contribution < -0.4 is 10.1 Å². The van der Waals surface area contributed by atoms with E-state index < -0.39 is 6.10 Å². The van der Waals surface area contributed by atoms with Crippen molar-refractivity contribution in [2.45, 2.75) is 45.3 Å². The second kappa shape index (κ2) is 6.94. The van der Waals surface area contributed by atoms with Gasteiger partial charge < -0.3 is 15.0 Å². The molecule has 0 saturated heterocycles. The number of nitrogens with zero attached hydrogens (tertiary/aromatic N) is 1. The molecule has 1 N–H and O–H groups in total. The number of rotatable bonds is 6. The van der Waals surface area contributed by atoms with Gasteiger partial charge in [-0.15, -0.1) is 0 Å². The quantitative estimate of drug-likeness (QED) is 0.875. The monoisotopic (exact) mass is 290 g/mol. The number of ether oxygens (including phenoxy) is 1. The Kier molecular flexibility index (Phi) is 5.23. The molecule has 0 fully saturated rings. The lowest BCUT2D eigenvalue weighted by Gasteiger charge is -2.20. The van der Waals surface area contributed by atoms with Crippen LogP contribution in [0.4, 0.5) is 0 Å².